The lowest BCUT2D eigenvalue weighted by molar-refractivity contribution is 0.577. The first-order valence-corrected chi connectivity index (χ1v) is 10.2. The van der Waals surface area contributed by atoms with Crippen LogP contribution in [0.4, 0.5) is 5.69 Å². The van der Waals surface area contributed by atoms with Gasteiger partial charge in [-0.15, -0.1) is 5.10 Å². The highest BCUT2D eigenvalue weighted by molar-refractivity contribution is 7.92. The van der Waals surface area contributed by atoms with Gasteiger partial charge in [0.15, 0.2) is 5.82 Å². The first-order chi connectivity index (χ1) is 12.8. The van der Waals surface area contributed by atoms with E-state index in [1.807, 2.05) is 45.9 Å². The average molecular weight is 385 g/mol. The molecule has 0 aliphatic heterocycles. The van der Waals surface area contributed by atoms with Gasteiger partial charge >= 0.3 is 0 Å². The molecule has 0 atom stereocenters. The SMILES string of the molecule is Cc1ccc(N(CC(C)C)S(=O)(=O)c2ccc(-c3nnn[nH]3)cc2)c(C)c1. The second-order valence-corrected chi connectivity index (χ2v) is 8.86. The van der Waals surface area contributed by atoms with Gasteiger partial charge in [0.1, 0.15) is 0 Å². The number of aromatic nitrogens is 4. The summed E-state index contributed by atoms with van der Waals surface area (Å²) in [6.45, 7) is 8.35. The Morgan fingerprint density at radius 2 is 1.78 bits per heavy atom. The number of aromatic amines is 1. The molecule has 0 fully saturated rings. The molecule has 0 aliphatic carbocycles. The molecule has 3 aromatic rings. The number of nitrogens with zero attached hydrogens (tertiary/aromatic N) is 4. The van der Waals surface area contributed by atoms with Gasteiger partial charge in [0.25, 0.3) is 10.0 Å². The molecular weight excluding hydrogens is 362 g/mol. The number of sulfonamides is 1. The van der Waals surface area contributed by atoms with Crippen molar-refractivity contribution >= 4 is 15.7 Å². The highest BCUT2D eigenvalue weighted by Crippen LogP contribution is 2.29. The topological polar surface area (TPSA) is 91.8 Å². The van der Waals surface area contributed by atoms with Crippen molar-refractivity contribution in [3.05, 3.63) is 53.6 Å². The molecule has 27 heavy (non-hydrogen) atoms. The average Bonchev–Trinajstić information content (AvgIpc) is 3.15. The standard InChI is InChI=1S/C19H23N5O2S/c1-13(2)12-24(18-10-5-14(3)11-15(18)4)27(25,26)17-8-6-16(7-9-17)19-20-22-23-21-19/h5-11,13H,12H2,1-4H3,(H,20,21,22,23). The van der Waals surface area contributed by atoms with Crippen LogP contribution in [0.3, 0.4) is 0 Å². The fourth-order valence-electron chi connectivity index (χ4n) is 2.94. The zero-order chi connectivity index (χ0) is 19.6. The zero-order valence-corrected chi connectivity index (χ0v) is 16.7. The Hall–Kier alpha value is -2.74. The summed E-state index contributed by atoms with van der Waals surface area (Å²) in [4.78, 5) is 0.236. The summed E-state index contributed by atoms with van der Waals surface area (Å²) >= 11 is 0. The molecule has 0 aliphatic rings. The highest BCUT2D eigenvalue weighted by atomic mass is 32.2. The molecule has 0 bridgehead atoms. The molecule has 0 saturated heterocycles. The van der Waals surface area contributed by atoms with Crippen molar-refractivity contribution in [3.8, 4) is 11.4 Å². The number of rotatable bonds is 6. The third-order valence-electron chi connectivity index (χ3n) is 4.21. The van der Waals surface area contributed by atoms with Gasteiger partial charge in [0.05, 0.1) is 10.6 Å². The van der Waals surface area contributed by atoms with Crippen LogP contribution in [-0.4, -0.2) is 35.6 Å². The van der Waals surface area contributed by atoms with Gasteiger partial charge in [-0.1, -0.05) is 31.5 Å². The quantitative estimate of drug-likeness (QED) is 0.703. The third-order valence-corrected chi connectivity index (χ3v) is 6.01. The molecule has 1 N–H and O–H groups in total. The van der Waals surface area contributed by atoms with Crippen molar-refractivity contribution in [2.75, 3.05) is 10.8 Å². The predicted octanol–water partition coefficient (Wildman–Crippen LogP) is 3.33. The fraction of sp³-hybridized carbons (Fsp3) is 0.316. The van der Waals surface area contributed by atoms with Gasteiger partial charge < -0.3 is 0 Å². The molecule has 0 spiro atoms. The Balaban J connectivity index is 2.02. The second kappa shape index (κ2) is 7.48. The van der Waals surface area contributed by atoms with E-state index in [1.165, 1.54) is 4.31 Å². The van der Waals surface area contributed by atoms with Crippen molar-refractivity contribution in [1.29, 1.82) is 0 Å². The van der Waals surface area contributed by atoms with Crippen LogP contribution >= 0.6 is 0 Å². The van der Waals surface area contributed by atoms with Crippen LogP contribution in [0.1, 0.15) is 25.0 Å². The van der Waals surface area contributed by atoms with E-state index in [1.54, 1.807) is 24.3 Å². The molecule has 142 valence electrons. The van der Waals surface area contributed by atoms with Crippen molar-refractivity contribution < 1.29 is 8.42 Å². The highest BCUT2D eigenvalue weighted by Gasteiger charge is 2.27. The van der Waals surface area contributed by atoms with Crippen LogP contribution in [0.15, 0.2) is 47.4 Å². The third kappa shape index (κ3) is 4.00. The minimum absolute atomic E-state index is 0.181. The van der Waals surface area contributed by atoms with Crippen LogP contribution in [0.2, 0.25) is 0 Å². The molecule has 1 aromatic heterocycles. The molecule has 8 heteroatoms. The lowest BCUT2D eigenvalue weighted by atomic mass is 10.1. The van der Waals surface area contributed by atoms with E-state index in [0.29, 0.717) is 18.1 Å². The number of hydrogen-bond donors (Lipinski definition) is 1. The van der Waals surface area contributed by atoms with E-state index in [4.69, 9.17) is 0 Å². The Labute approximate surface area is 159 Å². The number of H-pyrrole nitrogens is 1. The maximum Gasteiger partial charge on any atom is 0.264 e. The van der Waals surface area contributed by atoms with Gasteiger partial charge in [-0.25, -0.2) is 13.5 Å². The molecule has 3 rings (SSSR count). The number of tetrazole rings is 1. The lowest BCUT2D eigenvalue weighted by Gasteiger charge is -2.28. The van der Waals surface area contributed by atoms with Gasteiger partial charge in [0, 0.05) is 12.1 Å². The maximum atomic E-state index is 13.4. The molecule has 7 nitrogen and oxygen atoms in total. The minimum Gasteiger partial charge on any atom is -0.266 e. The summed E-state index contributed by atoms with van der Waals surface area (Å²) in [6.07, 6.45) is 0. The van der Waals surface area contributed by atoms with Gasteiger partial charge in [-0.05, 0) is 66.1 Å². The molecule has 1 heterocycles. The summed E-state index contributed by atoms with van der Waals surface area (Å²) in [5, 5.41) is 13.6. The number of nitrogens with one attached hydrogen (secondary N) is 1. The summed E-state index contributed by atoms with van der Waals surface area (Å²) < 4.78 is 28.3. The van der Waals surface area contributed by atoms with Crippen molar-refractivity contribution in [1.82, 2.24) is 20.6 Å². The number of benzene rings is 2. The second-order valence-electron chi connectivity index (χ2n) is 6.99. The summed E-state index contributed by atoms with van der Waals surface area (Å²) in [5.74, 6) is 0.674. The fourth-order valence-corrected chi connectivity index (χ4v) is 4.63. The van der Waals surface area contributed by atoms with E-state index in [9.17, 15) is 8.42 Å². The lowest BCUT2D eigenvalue weighted by Crippen LogP contribution is -2.34. The molecule has 2 aromatic carbocycles. The molecular formula is C19H23N5O2S. The van der Waals surface area contributed by atoms with Crippen molar-refractivity contribution in [2.24, 2.45) is 5.92 Å². The van der Waals surface area contributed by atoms with E-state index in [2.05, 4.69) is 20.6 Å². The summed E-state index contributed by atoms with van der Waals surface area (Å²) in [7, 11) is -3.70. The molecule has 0 saturated carbocycles. The number of anilines is 1. The maximum absolute atomic E-state index is 13.4. The smallest absolute Gasteiger partial charge is 0.264 e. The predicted molar refractivity (Wildman–Crippen MR) is 105 cm³/mol. The van der Waals surface area contributed by atoms with E-state index in [0.717, 1.165) is 16.7 Å². The molecule has 0 amide bonds. The Morgan fingerprint density at radius 1 is 1.07 bits per heavy atom. The Morgan fingerprint density at radius 3 is 2.33 bits per heavy atom. The van der Waals surface area contributed by atoms with E-state index < -0.39 is 10.0 Å². The monoisotopic (exact) mass is 385 g/mol. The summed E-state index contributed by atoms with van der Waals surface area (Å²) in [5.41, 5.74) is 3.46. The number of hydrogen-bond acceptors (Lipinski definition) is 5. The Bertz CT molecular complexity index is 1010. The first kappa shape index (κ1) is 19.0. The van der Waals surface area contributed by atoms with Crippen LogP contribution in [0, 0.1) is 19.8 Å². The Kier molecular flexibility index (Phi) is 5.27. The van der Waals surface area contributed by atoms with Gasteiger partial charge in [-0.2, -0.15) is 0 Å². The summed E-state index contributed by atoms with van der Waals surface area (Å²) in [6, 6.07) is 12.4. The normalized spacial score (nSPS) is 11.7. The van der Waals surface area contributed by atoms with Gasteiger partial charge in [0.2, 0.25) is 0 Å². The van der Waals surface area contributed by atoms with Crippen LogP contribution in [-0.2, 0) is 10.0 Å². The zero-order valence-electron chi connectivity index (χ0n) is 15.8. The minimum atomic E-state index is -3.70. The van der Waals surface area contributed by atoms with Crippen molar-refractivity contribution in [2.45, 2.75) is 32.6 Å². The van der Waals surface area contributed by atoms with Crippen LogP contribution in [0.25, 0.3) is 11.4 Å². The molecule has 0 unspecified atom stereocenters. The van der Waals surface area contributed by atoms with Crippen LogP contribution in [0.5, 0.6) is 0 Å². The van der Waals surface area contributed by atoms with Crippen molar-refractivity contribution in [3.63, 3.8) is 0 Å². The first-order valence-electron chi connectivity index (χ1n) is 8.73. The van der Waals surface area contributed by atoms with Crippen LogP contribution < -0.4 is 4.31 Å². The van der Waals surface area contributed by atoms with E-state index in [-0.39, 0.29) is 10.8 Å². The van der Waals surface area contributed by atoms with Gasteiger partial charge in [-0.3, -0.25) is 4.31 Å². The largest absolute Gasteiger partial charge is 0.266 e. The molecule has 0 radical (unpaired) electrons. The number of aryl methyl sites for hydroxylation is 2. The van der Waals surface area contributed by atoms with E-state index >= 15 is 0 Å².